The number of hydrogen-bond acceptors (Lipinski definition) is 4. The van der Waals surface area contributed by atoms with Gasteiger partial charge >= 0.3 is 5.97 Å². The normalized spacial score (nSPS) is 10.2. The molecule has 0 amide bonds. The summed E-state index contributed by atoms with van der Waals surface area (Å²) in [7, 11) is 0. The van der Waals surface area contributed by atoms with Crippen LogP contribution in [0, 0.1) is 5.82 Å². The monoisotopic (exact) mass is 241 g/mol. The Bertz CT molecular complexity index is 362. The van der Waals surface area contributed by atoms with Gasteiger partial charge in [-0.2, -0.15) is 0 Å². The Balaban J connectivity index is 2.41. The van der Waals surface area contributed by atoms with Gasteiger partial charge in [-0.15, -0.1) is 0 Å². The number of rotatable bonds is 6. The van der Waals surface area contributed by atoms with E-state index in [1.165, 1.54) is 6.07 Å². The Hall–Kier alpha value is -1.62. The minimum absolute atomic E-state index is 0.109. The summed E-state index contributed by atoms with van der Waals surface area (Å²) in [5.41, 5.74) is 5.72. The summed E-state index contributed by atoms with van der Waals surface area (Å²) >= 11 is 0. The maximum atomic E-state index is 13.0. The summed E-state index contributed by atoms with van der Waals surface area (Å²) < 4.78 is 23.0. The molecule has 5 heteroatoms. The number of nitrogens with two attached hydrogens (primary N) is 1. The van der Waals surface area contributed by atoms with Crippen LogP contribution in [0.2, 0.25) is 0 Å². The van der Waals surface area contributed by atoms with Crippen LogP contribution in [0.4, 0.5) is 10.1 Å². The molecule has 0 saturated carbocycles. The molecule has 0 heterocycles. The van der Waals surface area contributed by atoms with E-state index >= 15 is 0 Å². The highest BCUT2D eigenvalue weighted by atomic mass is 19.1. The lowest BCUT2D eigenvalue weighted by Gasteiger charge is -2.06. The van der Waals surface area contributed by atoms with E-state index in [1.807, 2.05) is 6.92 Å². The molecule has 1 aromatic rings. The molecule has 0 unspecified atom stereocenters. The molecule has 4 nitrogen and oxygen atoms in total. The smallest absolute Gasteiger partial charge is 0.338 e. The van der Waals surface area contributed by atoms with Gasteiger partial charge in [0.2, 0.25) is 0 Å². The molecule has 94 valence electrons. The quantitative estimate of drug-likeness (QED) is 0.470. The highest BCUT2D eigenvalue weighted by Crippen LogP contribution is 2.11. The van der Waals surface area contributed by atoms with Gasteiger partial charge in [0.1, 0.15) is 12.4 Å². The summed E-state index contributed by atoms with van der Waals surface area (Å²) in [5, 5.41) is 0. The average Bonchev–Trinajstić information content (AvgIpc) is 2.27. The largest absolute Gasteiger partial charge is 0.460 e. The van der Waals surface area contributed by atoms with Crippen molar-refractivity contribution in [3.05, 3.63) is 29.6 Å². The number of nitrogen functional groups attached to an aromatic ring is 1. The zero-order valence-corrected chi connectivity index (χ0v) is 9.74. The van der Waals surface area contributed by atoms with Crippen molar-refractivity contribution in [2.75, 3.05) is 25.6 Å². The molecular weight excluding hydrogens is 225 g/mol. The fourth-order valence-electron chi connectivity index (χ4n) is 1.25. The van der Waals surface area contributed by atoms with Crippen LogP contribution in [0.15, 0.2) is 18.2 Å². The number of benzene rings is 1. The average molecular weight is 241 g/mol. The second-order valence-electron chi connectivity index (χ2n) is 3.52. The summed E-state index contributed by atoms with van der Waals surface area (Å²) in [5.74, 6) is -1.16. The molecule has 0 aliphatic heterocycles. The first-order chi connectivity index (χ1) is 8.13. The summed E-state index contributed by atoms with van der Waals surface area (Å²) in [6.07, 6.45) is 0.911. The molecule has 0 aliphatic carbocycles. The van der Waals surface area contributed by atoms with Crippen molar-refractivity contribution >= 4 is 11.7 Å². The number of hydrogen-bond donors (Lipinski definition) is 1. The van der Waals surface area contributed by atoms with E-state index in [1.54, 1.807) is 0 Å². The van der Waals surface area contributed by atoms with E-state index < -0.39 is 11.8 Å². The topological polar surface area (TPSA) is 61.5 Å². The third-order valence-electron chi connectivity index (χ3n) is 1.97. The SMILES string of the molecule is CCCOCCOC(=O)c1cc(N)cc(F)c1. The maximum absolute atomic E-state index is 13.0. The number of carbonyl (C=O) groups excluding carboxylic acids is 1. The number of anilines is 1. The molecule has 0 saturated heterocycles. The number of carbonyl (C=O) groups is 1. The lowest BCUT2D eigenvalue weighted by Crippen LogP contribution is -2.11. The molecule has 0 radical (unpaired) electrons. The van der Waals surface area contributed by atoms with Crippen LogP contribution in [0.5, 0.6) is 0 Å². The Morgan fingerprint density at radius 2 is 2.06 bits per heavy atom. The first-order valence-corrected chi connectivity index (χ1v) is 5.44. The van der Waals surface area contributed by atoms with Crippen LogP contribution in [-0.4, -0.2) is 25.8 Å². The molecular formula is C12H16FNO3. The van der Waals surface area contributed by atoms with Gasteiger partial charge in [-0.3, -0.25) is 0 Å². The van der Waals surface area contributed by atoms with Crippen molar-refractivity contribution in [3.8, 4) is 0 Å². The first-order valence-electron chi connectivity index (χ1n) is 5.44. The highest BCUT2D eigenvalue weighted by molar-refractivity contribution is 5.90. The second kappa shape index (κ2) is 6.85. The van der Waals surface area contributed by atoms with Crippen LogP contribution in [0.25, 0.3) is 0 Å². The first kappa shape index (κ1) is 13.4. The van der Waals surface area contributed by atoms with Crippen molar-refractivity contribution < 1.29 is 18.7 Å². The van der Waals surface area contributed by atoms with E-state index in [0.717, 1.165) is 18.6 Å². The van der Waals surface area contributed by atoms with E-state index in [9.17, 15) is 9.18 Å². The zero-order valence-electron chi connectivity index (χ0n) is 9.74. The number of ether oxygens (including phenoxy) is 2. The highest BCUT2D eigenvalue weighted by Gasteiger charge is 2.09. The van der Waals surface area contributed by atoms with Crippen molar-refractivity contribution in [3.63, 3.8) is 0 Å². The van der Waals surface area contributed by atoms with Gasteiger partial charge in [-0.25, -0.2) is 9.18 Å². The van der Waals surface area contributed by atoms with Gasteiger partial charge in [-0.1, -0.05) is 6.92 Å². The van der Waals surface area contributed by atoms with Crippen LogP contribution >= 0.6 is 0 Å². The zero-order chi connectivity index (χ0) is 12.7. The molecule has 0 aliphatic rings. The van der Waals surface area contributed by atoms with Crippen LogP contribution in [0.3, 0.4) is 0 Å². The van der Waals surface area contributed by atoms with Crippen molar-refractivity contribution in [1.82, 2.24) is 0 Å². The van der Waals surface area contributed by atoms with Gasteiger partial charge in [0.15, 0.2) is 0 Å². The minimum Gasteiger partial charge on any atom is -0.460 e. The Morgan fingerprint density at radius 3 is 2.71 bits per heavy atom. The summed E-state index contributed by atoms with van der Waals surface area (Å²) in [4.78, 5) is 11.5. The predicted molar refractivity (Wildman–Crippen MR) is 62.2 cm³/mol. The van der Waals surface area contributed by atoms with E-state index in [2.05, 4.69) is 0 Å². The predicted octanol–water partition coefficient (Wildman–Crippen LogP) is 1.99. The molecule has 0 fully saturated rings. The standard InChI is InChI=1S/C12H16FNO3/c1-2-3-16-4-5-17-12(15)9-6-10(13)8-11(14)7-9/h6-8H,2-5,14H2,1H3. The molecule has 0 atom stereocenters. The Kier molecular flexibility index (Phi) is 5.42. The molecule has 1 rings (SSSR count). The molecule has 0 bridgehead atoms. The summed E-state index contributed by atoms with van der Waals surface area (Å²) in [6.45, 7) is 3.10. The van der Waals surface area contributed by atoms with Gasteiger partial charge < -0.3 is 15.2 Å². The fraction of sp³-hybridized carbons (Fsp3) is 0.417. The molecule has 0 spiro atoms. The minimum atomic E-state index is -0.601. The fourth-order valence-corrected chi connectivity index (χ4v) is 1.25. The molecule has 0 aromatic heterocycles. The third-order valence-corrected chi connectivity index (χ3v) is 1.97. The Labute approximate surface area is 99.5 Å². The molecule has 1 aromatic carbocycles. The molecule has 2 N–H and O–H groups in total. The van der Waals surface area contributed by atoms with Crippen molar-refractivity contribution in [2.24, 2.45) is 0 Å². The van der Waals surface area contributed by atoms with E-state index in [4.69, 9.17) is 15.2 Å². The van der Waals surface area contributed by atoms with Gasteiger partial charge in [-0.05, 0) is 24.6 Å². The Morgan fingerprint density at radius 1 is 1.29 bits per heavy atom. The second-order valence-corrected chi connectivity index (χ2v) is 3.52. The van der Waals surface area contributed by atoms with E-state index in [0.29, 0.717) is 13.2 Å². The van der Waals surface area contributed by atoms with Gasteiger partial charge in [0.25, 0.3) is 0 Å². The molecule has 17 heavy (non-hydrogen) atoms. The summed E-state index contributed by atoms with van der Waals surface area (Å²) in [6, 6.07) is 3.60. The van der Waals surface area contributed by atoms with Gasteiger partial charge in [0.05, 0.1) is 12.2 Å². The maximum Gasteiger partial charge on any atom is 0.338 e. The van der Waals surface area contributed by atoms with Crippen LogP contribution in [0.1, 0.15) is 23.7 Å². The number of esters is 1. The van der Waals surface area contributed by atoms with Crippen molar-refractivity contribution in [2.45, 2.75) is 13.3 Å². The van der Waals surface area contributed by atoms with Crippen LogP contribution in [-0.2, 0) is 9.47 Å². The van der Waals surface area contributed by atoms with Crippen LogP contribution < -0.4 is 5.73 Å². The number of halogens is 1. The third kappa shape index (κ3) is 4.82. The van der Waals surface area contributed by atoms with E-state index in [-0.39, 0.29) is 17.9 Å². The lowest BCUT2D eigenvalue weighted by atomic mass is 10.2. The lowest BCUT2D eigenvalue weighted by molar-refractivity contribution is 0.0318. The van der Waals surface area contributed by atoms with Crippen molar-refractivity contribution in [1.29, 1.82) is 0 Å². The van der Waals surface area contributed by atoms with Gasteiger partial charge in [0, 0.05) is 12.3 Å².